The molecule has 2 aliphatic heterocycles. The van der Waals surface area contributed by atoms with E-state index in [0.717, 1.165) is 31.5 Å². The molecule has 0 unspecified atom stereocenters. The van der Waals surface area contributed by atoms with Crippen LogP contribution in [0.15, 0.2) is 24.3 Å². The molecule has 3 heteroatoms. The van der Waals surface area contributed by atoms with Crippen molar-refractivity contribution in [2.24, 2.45) is 0 Å². The Morgan fingerprint density at radius 1 is 1.18 bits per heavy atom. The number of piperidine rings is 1. The van der Waals surface area contributed by atoms with Gasteiger partial charge in [0.2, 0.25) is 0 Å². The number of rotatable bonds is 1. The third-order valence-corrected chi connectivity index (χ3v) is 3.66. The molecule has 1 amide bonds. The first kappa shape index (κ1) is 10.7. The number of nitrogens with one attached hydrogen (secondary N) is 1. The molecule has 0 saturated carbocycles. The Bertz CT molecular complexity index is 473. The normalized spacial score (nSPS) is 20.9. The minimum Gasteiger partial charge on any atom is -0.316 e. The van der Waals surface area contributed by atoms with Gasteiger partial charge < -0.3 is 5.32 Å². The number of carbonyl (C=O) groups excluding carboxylic acids is 1. The van der Waals surface area contributed by atoms with Crippen molar-refractivity contribution in [3.8, 4) is 0 Å². The van der Waals surface area contributed by atoms with Gasteiger partial charge in [-0.2, -0.15) is 4.58 Å². The topological polar surface area (TPSA) is 32.1 Å². The molecule has 88 valence electrons. The molecule has 1 N–H and O–H groups in total. The zero-order valence-electron chi connectivity index (χ0n) is 9.86. The summed E-state index contributed by atoms with van der Waals surface area (Å²) in [5, 5.41) is 3.34. The first-order chi connectivity index (χ1) is 8.34. The SMILES string of the molecule is O=C1Cc2ccccc2C=[N+]1C1CCNCC1. The largest absolute Gasteiger partial charge is 0.391 e. The molecule has 0 bridgehead atoms. The molecule has 0 aromatic heterocycles. The van der Waals surface area contributed by atoms with Gasteiger partial charge in [0, 0.05) is 31.5 Å². The zero-order valence-corrected chi connectivity index (χ0v) is 9.86. The van der Waals surface area contributed by atoms with Gasteiger partial charge in [-0.1, -0.05) is 18.2 Å². The molecule has 2 aliphatic rings. The first-order valence-electron chi connectivity index (χ1n) is 6.29. The Labute approximate surface area is 101 Å². The predicted molar refractivity (Wildman–Crippen MR) is 66.5 cm³/mol. The van der Waals surface area contributed by atoms with E-state index in [0.29, 0.717) is 12.5 Å². The predicted octanol–water partition coefficient (Wildman–Crippen LogP) is 0.953. The summed E-state index contributed by atoms with van der Waals surface area (Å²) in [6.07, 6.45) is 4.71. The van der Waals surface area contributed by atoms with Crippen molar-refractivity contribution in [2.75, 3.05) is 13.1 Å². The van der Waals surface area contributed by atoms with Gasteiger partial charge in [0.1, 0.15) is 6.42 Å². The lowest BCUT2D eigenvalue weighted by Gasteiger charge is -2.22. The second-order valence-corrected chi connectivity index (χ2v) is 4.79. The van der Waals surface area contributed by atoms with Crippen LogP contribution in [0.5, 0.6) is 0 Å². The van der Waals surface area contributed by atoms with E-state index in [1.165, 1.54) is 5.56 Å². The van der Waals surface area contributed by atoms with Gasteiger partial charge in [0.15, 0.2) is 12.3 Å². The lowest BCUT2D eigenvalue weighted by atomic mass is 9.99. The van der Waals surface area contributed by atoms with E-state index in [4.69, 9.17) is 0 Å². The highest BCUT2D eigenvalue weighted by Crippen LogP contribution is 2.16. The van der Waals surface area contributed by atoms with E-state index in [1.807, 2.05) is 29.0 Å². The van der Waals surface area contributed by atoms with E-state index in [2.05, 4.69) is 11.4 Å². The van der Waals surface area contributed by atoms with E-state index in [1.54, 1.807) is 0 Å². The molecular weight excluding hydrogens is 212 g/mol. The number of nitrogens with zero attached hydrogens (tertiary/aromatic N) is 1. The maximum absolute atomic E-state index is 12.1. The Morgan fingerprint density at radius 2 is 1.94 bits per heavy atom. The van der Waals surface area contributed by atoms with Gasteiger partial charge in [-0.25, -0.2) is 4.79 Å². The summed E-state index contributed by atoms with van der Waals surface area (Å²) < 4.78 is 1.96. The summed E-state index contributed by atoms with van der Waals surface area (Å²) in [4.78, 5) is 12.1. The fourth-order valence-electron chi connectivity index (χ4n) is 2.69. The first-order valence-corrected chi connectivity index (χ1v) is 6.29. The van der Waals surface area contributed by atoms with Crippen LogP contribution in [0.1, 0.15) is 24.0 Å². The third kappa shape index (κ3) is 2.03. The number of hydrogen-bond donors (Lipinski definition) is 1. The average Bonchev–Trinajstić information content (AvgIpc) is 2.39. The van der Waals surface area contributed by atoms with Crippen LogP contribution >= 0.6 is 0 Å². The molecule has 3 nitrogen and oxygen atoms in total. The van der Waals surface area contributed by atoms with Gasteiger partial charge >= 0.3 is 5.91 Å². The van der Waals surface area contributed by atoms with Crippen molar-refractivity contribution in [1.29, 1.82) is 0 Å². The number of amides is 1. The standard InChI is InChI=1S/C14H17N2O/c17-14-9-11-3-1-2-4-12(11)10-16(14)13-5-7-15-8-6-13/h1-4,10,13,15H,5-9H2/q+1. The Hall–Kier alpha value is -1.48. The van der Waals surface area contributed by atoms with Gasteiger partial charge in [-0.3, -0.25) is 0 Å². The molecule has 1 saturated heterocycles. The van der Waals surface area contributed by atoms with Crippen molar-refractivity contribution < 1.29 is 9.37 Å². The van der Waals surface area contributed by atoms with Gasteiger partial charge in [0.05, 0.1) is 0 Å². The average molecular weight is 229 g/mol. The van der Waals surface area contributed by atoms with Crippen LogP contribution in [0, 0.1) is 0 Å². The highest BCUT2D eigenvalue weighted by atomic mass is 16.2. The fourth-order valence-corrected chi connectivity index (χ4v) is 2.69. The third-order valence-electron chi connectivity index (χ3n) is 3.66. The maximum atomic E-state index is 12.1. The lowest BCUT2D eigenvalue weighted by molar-refractivity contribution is -0.488. The minimum absolute atomic E-state index is 0.246. The van der Waals surface area contributed by atoms with Crippen LogP contribution < -0.4 is 5.32 Å². The minimum atomic E-state index is 0.246. The highest BCUT2D eigenvalue weighted by Gasteiger charge is 2.32. The number of benzene rings is 1. The van der Waals surface area contributed by atoms with E-state index in [9.17, 15) is 4.79 Å². The van der Waals surface area contributed by atoms with Gasteiger partial charge in [-0.15, -0.1) is 0 Å². The molecule has 1 aromatic carbocycles. The van der Waals surface area contributed by atoms with Crippen molar-refractivity contribution in [2.45, 2.75) is 25.3 Å². The molecule has 3 rings (SSSR count). The lowest BCUT2D eigenvalue weighted by Crippen LogP contribution is -2.43. The summed E-state index contributed by atoms with van der Waals surface area (Å²) >= 11 is 0. The van der Waals surface area contributed by atoms with E-state index >= 15 is 0 Å². The van der Waals surface area contributed by atoms with E-state index < -0.39 is 0 Å². The summed E-state index contributed by atoms with van der Waals surface area (Å²) in [5.41, 5.74) is 2.35. The quantitative estimate of drug-likeness (QED) is 0.727. The molecule has 0 atom stereocenters. The van der Waals surface area contributed by atoms with Gasteiger partial charge in [-0.05, 0) is 11.6 Å². The fraction of sp³-hybridized carbons (Fsp3) is 0.429. The number of fused-ring (bicyclic) bond motifs is 1. The van der Waals surface area contributed by atoms with Crippen molar-refractivity contribution in [1.82, 2.24) is 5.32 Å². The summed E-state index contributed by atoms with van der Waals surface area (Å²) in [5.74, 6) is 0.246. The molecule has 1 aromatic rings. The molecule has 0 aliphatic carbocycles. The Balaban J connectivity index is 1.94. The van der Waals surface area contributed by atoms with Crippen molar-refractivity contribution in [3.05, 3.63) is 35.4 Å². The summed E-state index contributed by atoms with van der Waals surface area (Å²) in [6, 6.07) is 8.56. The molecule has 0 radical (unpaired) electrons. The smallest absolute Gasteiger partial charge is 0.316 e. The van der Waals surface area contributed by atoms with Crippen molar-refractivity contribution >= 4 is 12.1 Å². The molecular formula is C14H17N2O+. The van der Waals surface area contributed by atoms with Crippen LogP contribution in [0.2, 0.25) is 0 Å². The van der Waals surface area contributed by atoms with Crippen molar-refractivity contribution in [3.63, 3.8) is 0 Å². The van der Waals surface area contributed by atoms with Crippen LogP contribution in [0.3, 0.4) is 0 Å². The van der Waals surface area contributed by atoms with Crippen LogP contribution in [0.4, 0.5) is 0 Å². The molecule has 17 heavy (non-hydrogen) atoms. The molecule has 0 spiro atoms. The monoisotopic (exact) mass is 229 g/mol. The summed E-state index contributed by atoms with van der Waals surface area (Å²) in [7, 11) is 0. The Kier molecular flexibility index (Phi) is 2.77. The van der Waals surface area contributed by atoms with Crippen LogP contribution in [0.25, 0.3) is 0 Å². The van der Waals surface area contributed by atoms with Crippen LogP contribution in [-0.4, -0.2) is 35.8 Å². The maximum Gasteiger partial charge on any atom is 0.391 e. The zero-order chi connectivity index (χ0) is 11.7. The summed E-state index contributed by atoms with van der Waals surface area (Å²) in [6.45, 7) is 2.04. The van der Waals surface area contributed by atoms with Crippen LogP contribution in [-0.2, 0) is 11.2 Å². The second kappa shape index (κ2) is 4.41. The Morgan fingerprint density at radius 3 is 2.76 bits per heavy atom. The molecule has 2 heterocycles. The second-order valence-electron chi connectivity index (χ2n) is 4.79. The number of carbonyl (C=O) groups is 1. The highest BCUT2D eigenvalue weighted by molar-refractivity contribution is 5.89. The molecule has 1 fully saturated rings. The number of hydrogen-bond acceptors (Lipinski definition) is 2. The van der Waals surface area contributed by atoms with Gasteiger partial charge in [0.25, 0.3) is 0 Å². The van der Waals surface area contributed by atoms with E-state index in [-0.39, 0.29) is 5.91 Å².